The molecule has 1 aliphatic rings. The van der Waals surface area contributed by atoms with Gasteiger partial charge in [0.05, 0.1) is 7.11 Å². The highest BCUT2D eigenvalue weighted by Gasteiger charge is 2.27. The van der Waals surface area contributed by atoms with Gasteiger partial charge >= 0.3 is 0 Å². The summed E-state index contributed by atoms with van der Waals surface area (Å²) in [5.41, 5.74) is 1.20. The first-order valence-electron chi connectivity index (χ1n) is 7.91. The molecule has 0 amide bonds. The van der Waals surface area contributed by atoms with Crippen LogP contribution in [0.4, 0.5) is 5.88 Å². The Labute approximate surface area is 136 Å². The first kappa shape index (κ1) is 15.4. The number of nitriles is 1. The van der Waals surface area contributed by atoms with E-state index in [0.717, 1.165) is 24.4 Å². The fourth-order valence-corrected chi connectivity index (χ4v) is 3.29. The van der Waals surface area contributed by atoms with Gasteiger partial charge in [-0.3, -0.25) is 0 Å². The smallest absolute Gasteiger partial charge is 0.235 e. The molecule has 0 saturated carbocycles. The zero-order valence-electron chi connectivity index (χ0n) is 13.7. The monoisotopic (exact) mass is 311 g/mol. The number of benzene rings is 1. The number of anilines is 1. The molecule has 0 bridgehead atoms. The maximum Gasteiger partial charge on any atom is 0.235 e. The van der Waals surface area contributed by atoms with Crippen molar-refractivity contribution in [3.8, 4) is 23.3 Å². The minimum absolute atomic E-state index is 0.358. The summed E-state index contributed by atoms with van der Waals surface area (Å²) in [5.74, 6) is 3.01. The van der Waals surface area contributed by atoms with Gasteiger partial charge in [-0.15, -0.1) is 0 Å². The van der Waals surface area contributed by atoms with E-state index < -0.39 is 0 Å². The van der Waals surface area contributed by atoms with E-state index in [9.17, 15) is 5.26 Å². The first-order valence-corrected chi connectivity index (χ1v) is 7.91. The minimum atomic E-state index is 0.358. The Balaban J connectivity index is 1.92. The molecule has 2 atom stereocenters. The molecule has 2 unspecified atom stereocenters. The molecule has 2 aromatic rings. The number of nitrogens with zero attached hydrogens (tertiary/aromatic N) is 3. The number of ether oxygens (including phenoxy) is 1. The standard InChI is InChI=1S/C18H21N3O2/c1-12-8-13(2)11-21(10-12)18-16(9-19)20-17(23-18)14-4-6-15(22-3)7-5-14/h4-7,12-13H,8,10-11H2,1-3H3. The van der Waals surface area contributed by atoms with E-state index in [-0.39, 0.29) is 0 Å². The van der Waals surface area contributed by atoms with Crippen LogP contribution in [-0.4, -0.2) is 25.2 Å². The van der Waals surface area contributed by atoms with Gasteiger partial charge in [0.1, 0.15) is 11.8 Å². The molecule has 0 spiro atoms. The second-order valence-corrected chi connectivity index (χ2v) is 6.36. The maximum absolute atomic E-state index is 9.40. The molecule has 2 heterocycles. The van der Waals surface area contributed by atoms with Gasteiger partial charge < -0.3 is 14.1 Å². The fourth-order valence-electron chi connectivity index (χ4n) is 3.29. The van der Waals surface area contributed by atoms with Crippen LogP contribution in [0, 0.1) is 23.2 Å². The van der Waals surface area contributed by atoms with Gasteiger partial charge in [0.2, 0.25) is 17.5 Å². The lowest BCUT2D eigenvalue weighted by atomic mass is 9.92. The average molecular weight is 311 g/mol. The van der Waals surface area contributed by atoms with Crippen molar-refractivity contribution in [3.05, 3.63) is 30.0 Å². The highest BCUT2D eigenvalue weighted by Crippen LogP contribution is 2.32. The molecular weight excluding hydrogens is 290 g/mol. The average Bonchev–Trinajstić information content (AvgIpc) is 2.98. The second-order valence-electron chi connectivity index (χ2n) is 6.36. The molecule has 1 fully saturated rings. The summed E-state index contributed by atoms with van der Waals surface area (Å²) < 4.78 is 11.1. The van der Waals surface area contributed by atoms with Gasteiger partial charge in [-0.05, 0) is 42.5 Å². The third-order valence-electron chi connectivity index (χ3n) is 4.21. The Hall–Kier alpha value is -2.48. The summed E-state index contributed by atoms with van der Waals surface area (Å²) in [6.45, 7) is 6.26. The van der Waals surface area contributed by atoms with Crippen LogP contribution in [-0.2, 0) is 0 Å². The molecule has 3 rings (SSSR count). The highest BCUT2D eigenvalue weighted by atomic mass is 16.5. The molecule has 0 aliphatic carbocycles. The summed E-state index contributed by atoms with van der Waals surface area (Å²) in [4.78, 5) is 6.52. The number of oxazole rings is 1. The zero-order chi connectivity index (χ0) is 16.4. The Morgan fingerprint density at radius 1 is 1.22 bits per heavy atom. The molecule has 1 aliphatic heterocycles. The van der Waals surface area contributed by atoms with Gasteiger partial charge in [-0.1, -0.05) is 13.8 Å². The predicted molar refractivity (Wildman–Crippen MR) is 88.4 cm³/mol. The van der Waals surface area contributed by atoms with Gasteiger partial charge in [-0.25, -0.2) is 0 Å². The Kier molecular flexibility index (Phi) is 4.24. The molecule has 23 heavy (non-hydrogen) atoms. The second kappa shape index (κ2) is 6.33. The number of rotatable bonds is 3. The van der Waals surface area contributed by atoms with Crippen molar-refractivity contribution in [2.24, 2.45) is 11.8 Å². The normalized spacial score (nSPS) is 21.0. The van der Waals surface area contributed by atoms with E-state index in [1.54, 1.807) is 7.11 Å². The molecule has 1 aromatic carbocycles. The number of methoxy groups -OCH3 is 1. The van der Waals surface area contributed by atoms with Crippen LogP contribution in [0.25, 0.3) is 11.5 Å². The van der Waals surface area contributed by atoms with Crippen molar-refractivity contribution in [3.63, 3.8) is 0 Å². The third kappa shape index (κ3) is 3.16. The van der Waals surface area contributed by atoms with E-state index >= 15 is 0 Å². The number of piperidine rings is 1. The quantitative estimate of drug-likeness (QED) is 0.864. The van der Waals surface area contributed by atoms with Gasteiger partial charge in [-0.2, -0.15) is 10.2 Å². The van der Waals surface area contributed by atoms with Crippen LogP contribution in [0.3, 0.4) is 0 Å². The first-order chi connectivity index (χ1) is 11.1. The fraction of sp³-hybridized carbons (Fsp3) is 0.444. The topological polar surface area (TPSA) is 62.3 Å². The van der Waals surface area contributed by atoms with Crippen LogP contribution in [0.1, 0.15) is 26.0 Å². The van der Waals surface area contributed by atoms with Crippen LogP contribution >= 0.6 is 0 Å². The number of hydrogen-bond donors (Lipinski definition) is 0. The lowest BCUT2D eigenvalue weighted by Gasteiger charge is -2.34. The number of hydrogen-bond acceptors (Lipinski definition) is 5. The predicted octanol–water partition coefficient (Wildman–Crippen LogP) is 3.70. The van der Waals surface area contributed by atoms with Crippen molar-refractivity contribution >= 4 is 5.88 Å². The summed E-state index contributed by atoms with van der Waals surface area (Å²) >= 11 is 0. The number of aromatic nitrogens is 1. The lowest BCUT2D eigenvalue weighted by Crippen LogP contribution is -2.38. The molecule has 1 aromatic heterocycles. The Morgan fingerprint density at radius 2 is 1.87 bits per heavy atom. The molecular formula is C18H21N3O2. The summed E-state index contributed by atoms with van der Waals surface area (Å²) in [6.07, 6.45) is 1.21. The minimum Gasteiger partial charge on any atom is -0.497 e. The molecule has 1 saturated heterocycles. The van der Waals surface area contributed by atoms with Crippen molar-refractivity contribution in [1.29, 1.82) is 5.26 Å². The van der Waals surface area contributed by atoms with Crippen LogP contribution < -0.4 is 9.64 Å². The summed E-state index contributed by atoms with van der Waals surface area (Å²) in [7, 11) is 1.63. The van der Waals surface area contributed by atoms with Crippen LogP contribution in [0.5, 0.6) is 5.75 Å². The zero-order valence-corrected chi connectivity index (χ0v) is 13.7. The van der Waals surface area contributed by atoms with E-state index in [0.29, 0.717) is 29.3 Å². The summed E-state index contributed by atoms with van der Waals surface area (Å²) in [5, 5.41) is 9.40. The van der Waals surface area contributed by atoms with Gasteiger partial charge in [0, 0.05) is 18.7 Å². The molecule has 120 valence electrons. The largest absolute Gasteiger partial charge is 0.497 e. The molecule has 0 N–H and O–H groups in total. The van der Waals surface area contributed by atoms with Crippen molar-refractivity contribution in [1.82, 2.24) is 4.98 Å². The Morgan fingerprint density at radius 3 is 2.43 bits per heavy atom. The van der Waals surface area contributed by atoms with Crippen LogP contribution in [0.2, 0.25) is 0 Å². The van der Waals surface area contributed by atoms with E-state index in [1.165, 1.54) is 6.42 Å². The maximum atomic E-state index is 9.40. The van der Waals surface area contributed by atoms with E-state index in [2.05, 4.69) is 29.8 Å². The van der Waals surface area contributed by atoms with Crippen molar-refractivity contribution in [2.75, 3.05) is 25.1 Å². The van der Waals surface area contributed by atoms with E-state index in [4.69, 9.17) is 9.15 Å². The third-order valence-corrected chi connectivity index (χ3v) is 4.21. The lowest BCUT2D eigenvalue weighted by molar-refractivity contribution is 0.344. The SMILES string of the molecule is COc1ccc(-c2nc(C#N)c(N3CC(C)CC(C)C3)o2)cc1. The van der Waals surface area contributed by atoms with Crippen molar-refractivity contribution in [2.45, 2.75) is 20.3 Å². The van der Waals surface area contributed by atoms with Crippen LogP contribution in [0.15, 0.2) is 28.7 Å². The van der Waals surface area contributed by atoms with E-state index in [1.807, 2.05) is 24.3 Å². The van der Waals surface area contributed by atoms with Gasteiger partial charge in [0.25, 0.3) is 0 Å². The molecule has 5 nitrogen and oxygen atoms in total. The Bertz CT molecular complexity index is 705. The molecule has 5 heteroatoms. The van der Waals surface area contributed by atoms with Gasteiger partial charge in [0.15, 0.2) is 0 Å². The summed E-state index contributed by atoms with van der Waals surface area (Å²) in [6, 6.07) is 9.65. The highest BCUT2D eigenvalue weighted by molar-refractivity contribution is 5.60. The van der Waals surface area contributed by atoms with Crippen molar-refractivity contribution < 1.29 is 9.15 Å². The molecule has 0 radical (unpaired) electrons.